The molecular formula is C14H13ClN6O2. The molecule has 2 heterocycles. The summed E-state index contributed by atoms with van der Waals surface area (Å²) in [4.78, 5) is 12.2. The standard InChI is InChI=1S/C14H13ClN6O2/c1-2-9-5-11(23-18-9)7-16-14(22)12-4-3-10(6-13(12)15)21-8-17-19-20-21/h3-6,8H,2,7H2,1H3,(H,16,22). The van der Waals surface area contributed by atoms with Crippen LogP contribution in [0.3, 0.4) is 0 Å². The second-order valence-corrected chi connectivity index (χ2v) is 5.15. The highest BCUT2D eigenvalue weighted by atomic mass is 35.5. The smallest absolute Gasteiger partial charge is 0.253 e. The van der Waals surface area contributed by atoms with Crippen LogP contribution in [0, 0.1) is 0 Å². The lowest BCUT2D eigenvalue weighted by molar-refractivity contribution is 0.0947. The second-order valence-electron chi connectivity index (χ2n) is 4.74. The largest absolute Gasteiger partial charge is 0.359 e. The third-order valence-electron chi connectivity index (χ3n) is 3.20. The fourth-order valence-corrected chi connectivity index (χ4v) is 2.24. The number of tetrazole rings is 1. The Morgan fingerprint density at radius 3 is 2.91 bits per heavy atom. The van der Waals surface area contributed by atoms with E-state index in [9.17, 15) is 4.79 Å². The molecule has 3 aromatic rings. The van der Waals surface area contributed by atoms with Gasteiger partial charge in [-0.2, -0.15) is 0 Å². The number of carbonyl (C=O) groups excluding carboxylic acids is 1. The van der Waals surface area contributed by atoms with Crippen molar-refractivity contribution in [3.63, 3.8) is 0 Å². The van der Waals surface area contributed by atoms with Crippen molar-refractivity contribution in [1.82, 2.24) is 30.7 Å². The first-order valence-electron chi connectivity index (χ1n) is 6.93. The van der Waals surface area contributed by atoms with Crippen molar-refractivity contribution in [1.29, 1.82) is 0 Å². The lowest BCUT2D eigenvalue weighted by atomic mass is 10.2. The third-order valence-corrected chi connectivity index (χ3v) is 3.52. The van der Waals surface area contributed by atoms with Crippen molar-refractivity contribution >= 4 is 17.5 Å². The molecule has 1 aromatic carbocycles. The zero-order valence-electron chi connectivity index (χ0n) is 12.2. The molecule has 0 radical (unpaired) electrons. The molecule has 23 heavy (non-hydrogen) atoms. The van der Waals surface area contributed by atoms with Crippen molar-refractivity contribution in [2.24, 2.45) is 0 Å². The van der Waals surface area contributed by atoms with Crippen molar-refractivity contribution in [2.75, 3.05) is 0 Å². The summed E-state index contributed by atoms with van der Waals surface area (Å²) in [6.07, 6.45) is 2.22. The van der Waals surface area contributed by atoms with Gasteiger partial charge in [0.15, 0.2) is 5.76 Å². The Bertz CT molecular complexity index is 815. The number of aryl methyl sites for hydroxylation is 1. The number of hydrogen-bond acceptors (Lipinski definition) is 6. The summed E-state index contributed by atoms with van der Waals surface area (Å²) < 4.78 is 6.57. The molecule has 0 fully saturated rings. The van der Waals surface area contributed by atoms with Gasteiger partial charge in [-0.15, -0.1) is 5.10 Å². The number of hydrogen-bond donors (Lipinski definition) is 1. The number of nitrogens with one attached hydrogen (secondary N) is 1. The summed E-state index contributed by atoms with van der Waals surface area (Å²) in [5.74, 6) is 0.296. The van der Waals surface area contributed by atoms with Gasteiger partial charge in [0.05, 0.1) is 28.5 Å². The summed E-state index contributed by atoms with van der Waals surface area (Å²) in [6.45, 7) is 2.23. The first kappa shape index (κ1) is 15.2. The molecule has 0 saturated carbocycles. The average Bonchev–Trinajstić information content (AvgIpc) is 3.24. The normalized spacial score (nSPS) is 10.7. The highest BCUT2D eigenvalue weighted by molar-refractivity contribution is 6.34. The minimum Gasteiger partial charge on any atom is -0.359 e. The van der Waals surface area contributed by atoms with Gasteiger partial charge in [0, 0.05) is 6.07 Å². The Labute approximate surface area is 136 Å². The van der Waals surface area contributed by atoms with E-state index >= 15 is 0 Å². The van der Waals surface area contributed by atoms with E-state index in [2.05, 4.69) is 26.0 Å². The van der Waals surface area contributed by atoms with Crippen molar-refractivity contribution in [2.45, 2.75) is 19.9 Å². The maximum Gasteiger partial charge on any atom is 0.253 e. The van der Waals surface area contributed by atoms with E-state index in [1.807, 2.05) is 13.0 Å². The summed E-state index contributed by atoms with van der Waals surface area (Å²) in [6, 6.07) is 6.76. The van der Waals surface area contributed by atoms with Gasteiger partial charge in [-0.1, -0.05) is 23.7 Å². The summed E-state index contributed by atoms with van der Waals surface area (Å²) in [7, 11) is 0. The summed E-state index contributed by atoms with van der Waals surface area (Å²) in [5.41, 5.74) is 1.87. The molecule has 2 aromatic heterocycles. The van der Waals surface area contributed by atoms with Crippen LogP contribution >= 0.6 is 11.6 Å². The minimum atomic E-state index is -0.298. The van der Waals surface area contributed by atoms with Crippen LogP contribution in [0.1, 0.15) is 28.7 Å². The molecule has 9 heteroatoms. The minimum absolute atomic E-state index is 0.247. The van der Waals surface area contributed by atoms with Crippen molar-refractivity contribution < 1.29 is 9.32 Å². The number of benzene rings is 1. The first-order valence-corrected chi connectivity index (χ1v) is 7.30. The van der Waals surface area contributed by atoms with Crippen LogP contribution in [0.2, 0.25) is 5.02 Å². The third kappa shape index (κ3) is 3.37. The van der Waals surface area contributed by atoms with E-state index in [1.165, 1.54) is 11.0 Å². The Morgan fingerprint density at radius 2 is 2.26 bits per heavy atom. The van der Waals surface area contributed by atoms with Crippen LogP contribution in [0.5, 0.6) is 0 Å². The van der Waals surface area contributed by atoms with Crippen LogP contribution in [0.4, 0.5) is 0 Å². The summed E-state index contributed by atoms with van der Waals surface area (Å²) in [5, 5.41) is 17.8. The Morgan fingerprint density at radius 1 is 1.39 bits per heavy atom. The van der Waals surface area contributed by atoms with E-state index in [1.54, 1.807) is 18.2 Å². The van der Waals surface area contributed by atoms with Crippen LogP contribution in [-0.4, -0.2) is 31.3 Å². The molecule has 0 unspecified atom stereocenters. The van der Waals surface area contributed by atoms with Gasteiger partial charge in [0.2, 0.25) is 0 Å². The number of carbonyl (C=O) groups is 1. The Hall–Kier alpha value is -2.74. The predicted molar refractivity (Wildman–Crippen MR) is 81.2 cm³/mol. The fraction of sp³-hybridized carbons (Fsp3) is 0.214. The van der Waals surface area contributed by atoms with Crippen molar-refractivity contribution in [3.8, 4) is 5.69 Å². The van der Waals surface area contributed by atoms with Crippen LogP contribution < -0.4 is 5.32 Å². The monoisotopic (exact) mass is 332 g/mol. The van der Waals surface area contributed by atoms with E-state index in [4.69, 9.17) is 16.1 Å². The number of nitrogens with zero attached hydrogens (tertiary/aromatic N) is 5. The lowest BCUT2D eigenvalue weighted by Crippen LogP contribution is -2.23. The molecule has 0 saturated heterocycles. The molecule has 0 spiro atoms. The van der Waals surface area contributed by atoms with Crippen molar-refractivity contribution in [3.05, 3.63) is 52.6 Å². The van der Waals surface area contributed by atoms with Gasteiger partial charge in [0.1, 0.15) is 6.33 Å². The second kappa shape index (κ2) is 6.57. The Balaban J connectivity index is 1.69. The Kier molecular flexibility index (Phi) is 4.33. The van der Waals surface area contributed by atoms with E-state index in [0.29, 0.717) is 22.0 Å². The molecular weight excluding hydrogens is 320 g/mol. The summed E-state index contributed by atoms with van der Waals surface area (Å²) >= 11 is 6.17. The van der Waals surface area contributed by atoms with Gasteiger partial charge in [-0.3, -0.25) is 4.79 Å². The molecule has 118 valence electrons. The lowest BCUT2D eigenvalue weighted by Gasteiger charge is -2.07. The molecule has 0 aliphatic carbocycles. The number of amides is 1. The fourth-order valence-electron chi connectivity index (χ4n) is 1.98. The molecule has 1 amide bonds. The van der Waals surface area contributed by atoms with E-state index < -0.39 is 0 Å². The van der Waals surface area contributed by atoms with E-state index in [-0.39, 0.29) is 12.5 Å². The number of aromatic nitrogens is 5. The van der Waals surface area contributed by atoms with Gasteiger partial charge in [0.25, 0.3) is 5.91 Å². The zero-order valence-corrected chi connectivity index (χ0v) is 13.0. The molecule has 0 aliphatic rings. The molecule has 3 rings (SSSR count). The first-order chi connectivity index (χ1) is 11.2. The highest BCUT2D eigenvalue weighted by Crippen LogP contribution is 2.20. The molecule has 0 bridgehead atoms. The van der Waals surface area contributed by atoms with Gasteiger partial charge in [-0.25, -0.2) is 4.68 Å². The van der Waals surface area contributed by atoms with Crippen LogP contribution in [0.15, 0.2) is 35.1 Å². The van der Waals surface area contributed by atoms with Gasteiger partial charge in [-0.05, 0) is 35.0 Å². The number of rotatable bonds is 5. The number of halogens is 1. The maximum atomic E-state index is 12.2. The molecule has 0 aliphatic heterocycles. The highest BCUT2D eigenvalue weighted by Gasteiger charge is 2.13. The molecule has 8 nitrogen and oxygen atoms in total. The SMILES string of the molecule is CCc1cc(CNC(=O)c2ccc(-n3cnnn3)cc2Cl)on1. The predicted octanol–water partition coefficient (Wildman–Crippen LogP) is 1.80. The van der Waals surface area contributed by atoms with Gasteiger partial charge >= 0.3 is 0 Å². The van der Waals surface area contributed by atoms with Crippen LogP contribution in [0.25, 0.3) is 5.69 Å². The van der Waals surface area contributed by atoms with Crippen LogP contribution in [-0.2, 0) is 13.0 Å². The van der Waals surface area contributed by atoms with Gasteiger partial charge < -0.3 is 9.84 Å². The zero-order chi connectivity index (χ0) is 16.2. The molecule has 0 atom stereocenters. The van der Waals surface area contributed by atoms with E-state index in [0.717, 1.165) is 12.1 Å². The quantitative estimate of drug-likeness (QED) is 0.764. The molecule has 1 N–H and O–H groups in total. The topological polar surface area (TPSA) is 98.7 Å². The average molecular weight is 333 g/mol. The maximum absolute atomic E-state index is 12.2.